The fraction of sp³-hybridized carbons (Fsp3) is 0.571. The molecule has 142 valence electrons. The Balaban J connectivity index is 1.64. The van der Waals surface area contributed by atoms with E-state index in [0.717, 1.165) is 18.7 Å². The second kappa shape index (κ2) is 8.33. The Kier molecular flexibility index (Phi) is 6.12. The van der Waals surface area contributed by atoms with E-state index >= 15 is 0 Å². The van der Waals surface area contributed by atoms with Crippen molar-refractivity contribution < 1.29 is 5.11 Å². The molecule has 1 aliphatic heterocycles. The van der Waals surface area contributed by atoms with E-state index in [4.69, 9.17) is 0 Å². The van der Waals surface area contributed by atoms with E-state index in [2.05, 4.69) is 54.2 Å². The van der Waals surface area contributed by atoms with Crippen molar-refractivity contribution in [3.05, 3.63) is 53.3 Å². The van der Waals surface area contributed by atoms with Crippen LogP contribution < -0.4 is 0 Å². The molecule has 1 saturated heterocycles. The van der Waals surface area contributed by atoms with Gasteiger partial charge in [-0.1, -0.05) is 29.8 Å². The maximum atomic E-state index is 10.6. The molecule has 0 saturated carbocycles. The normalized spacial score (nSPS) is 22.7. The highest BCUT2D eigenvalue weighted by Gasteiger charge is 2.32. The first-order valence-electron chi connectivity index (χ1n) is 9.56. The highest BCUT2D eigenvalue weighted by Crippen LogP contribution is 2.35. The van der Waals surface area contributed by atoms with Gasteiger partial charge in [0, 0.05) is 37.9 Å². The van der Waals surface area contributed by atoms with Crippen LogP contribution in [0.25, 0.3) is 0 Å². The molecule has 3 atom stereocenters. The van der Waals surface area contributed by atoms with Crippen LogP contribution in [-0.2, 0) is 7.05 Å². The maximum Gasteiger partial charge on any atom is 0.0916 e. The van der Waals surface area contributed by atoms with Crippen LogP contribution in [0.3, 0.4) is 0 Å². The number of benzene rings is 1. The van der Waals surface area contributed by atoms with Crippen molar-refractivity contribution >= 4 is 0 Å². The SMILES string of the molecule is Cc1ccc([C@@H](O)CN(C)C[C@@H]2CCCN(C)[C@H]2c2cnn(C)c2)cc1. The first kappa shape index (κ1) is 19.1. The van der Waals surface area contributed by atoms with Crippen molar-refractivity contribution in [2.75, 3.05) is 33.7 Å². The zero-order chi connectivity index (χ0) is 18.7. The van der Waals surface area contributed by atoms with E-state index < -0.39 is 6.10 Å². The van der Waals surface area contributed by atoms with E-state index in [-0.39, 0.29) is 0 Å². The van der Waals surface area contributed by atoms with Gasteiger partial charge < -0.3 is 10.0 Å². The first-order chi connectivity index (χ1) is 12.4. The monoisotopic (exact) mass is 356 g/mol. The van der Waals surface area contributed by atoms with E-state index in [9.17, 15) is 5.11 Å². The minimum Gasteiger partial charge on any atom is -0.387 e. The van der Waals surface area contributed by atoms with Gasteiger partial charge in [-0.15, -0.1) is 0 Å². The lowest BCUT2D eigenvalue weighted by Gasteiger charge is -2.40. The molecular weight excluding hydrogens is 324 g/mol. The van der Waals surface area contributed by atoms with Gasteiger partial charge in [0.1, 0.15) is 0 Å². The molecule has 0 spiro atoms. The number of aryl methyl sites for hydroxylation is 2. The smallest absolute Gasteiger partial charge is 0.0916 e. The van der Waals surface area contributed by atoms with Crippen LogP contribution in [0.5, 0.6) is 0 Å². The number of hydrogen-bond donors (Lipinski definition) is 1. The van der Waals surface area contributed by atoms with E-state index in [0.29, 0.717) is 18.5 Å². The van der Waals surface area contributed by atoms with Gasteiger partial charge in [0.25, 0.3) is 0 Å². The number of aliphatic hydroxyl groups is 1. The molecule has 2 heterocycles. The summed E-state index contributed by atoms with van der Waals surface area (Å²) in [4.78, 5) is 4.73. The molecule has 0 aliphatic carbocycles. The highest BCUT2D eigenvalue weighted by molar-refractivity contribution is 5.23. The number of likely N-dealkylation sites (tertiary alicyclic amines) is 1. The molecule has 1 fully saturated rings. The van der Waals surface area contributed by atoms with E-state index in [1.54, 1.807) is 0 Å². The average Bonchev–Trinajstić information content (AvgIpc) is 3.01. The van der Waals surface area contributed by atoms with Gasteiger partial charge in [0.2, 0.25) is 0 Å². The largest absolute Gasteiger partial charge is 0.387 e. The molecule has 0 unspecified atom stereocenters. The summed E-state index contributed by atoms with van der Waals surface area (Å²) in [5, 5.41) is 15.0. The molecule has 5 nitrogen and oxygen atoms in total. The first-order valence-corrected chi connectivity index (χ1v) is 9.56. The molecule has 1 aromatic carbocycles. The van der Waals surface area contributed by atoms with E-state index in [1.165, 1.54) is 24.0 Å². The van der Waals surface area contributed by atoms with Gasteiger partial charge in [0.05, 0.1) is 12.3 Å². The predicted molar refractivity (Wildman–Crippen MR) is 105 cm³/mol. The lowest BCUT2D eigenvalue weighted by molar-refractivity contribution is 0.0711. The van der Waals surface area contributed by atoms with Gasteiger partial charge in [-0.05, 0) is 51.9 Å². The molecule has 3 rings (SSSR count). The zero-order valence-electron chi connectivity index (χ0n) is 16.5. The number of likely N-dealkylation sites (N-methyl/N-ethyl adjacent to an activating group) is 1. The second-order valence-corrected chi connectivity index (χ2v) is 7.92. The number of rotatable bonds is 6. The summed E-state index contributed by atoms with van der Waals surface area (Å²) in [6.07, 6.45) is 6.14. The van der Waals surface area contributed by atoms with Gasteiger partial charge in [-0.25, -0.2) is 0 Å². The average molecular weight is 357 g/mol. The summed E-state index contributed by atoms with van der Waals surface area (Å²) in [5.74, 6) is 0.549. The van der Waals surface area contributed by atoms with Crippen molar-refractivity contribution in [2.24, 2.45) is 13.0 Å². The summed E-state index contributed by atoms with van der Waals surface area (Å²) in [6, 6.07) is 8.58. The zero-order valence-corrected chi connectivity index (χ0v) is 16.5. The number of hydrogen-bond acceptors (Lipinski definition) is 4. The van der Waals surface area contributed by atoms with Crippen LogP contribution in [-0.4, -0.2) is 58.4 Å². The predicted octanol–water partition coefficient (Wildman–Crippen LogP) is 2.78. The van der Waals surface area contributed by atoms with Crippen molar-refractivity contribution in [3.63, 3.8) is 0 Å². The Morgan fingerprint density at radius 2 is 2.00 bits per heavy atom. The number of piperidine rings is 1. The van der Waals surface area contributed by atoms with Crippen LogP contribution in [0, 0.1) is 12.8 Å². The topological polar surface area (TPSA) is 44.5 Å². The summed E-state index contributed by atoms with van der Waals surface area (Å²) >= 11 is 0. The van der Waals surface area contributed by atoms with Crippen molar-refractivity contribution in [3.8, 4) is 0 Å². The van der Waals surface area contributed by atoms with Gasteiger partial charge in [-0.2, -0.15) is 5.10 Å². The molecule has 1 aliphatic rings. The molecular formula is C21H32N4O. The Hall–Kier alpha value is -1.69. The maximum absolute atomic E-state index is 10.6. The molecule has 2 aromatic rings. The lowest BCUT2D eigenvalue weighted by atomic mass is 9.85. The van der Waals surface area contributed by atoms with Gasteiger partial charge in [0.15, 0.2) is 0 Å². The summed E-state index contributed by atoms with van der Waals surface area (Å²) in [6.45, 7) is 4.84. The third-order valence-corrected chi connectivity index (χ3v) is 5.57. The van der Waals surface area contributed by atoms with Crippen molar-refractivity contribution in [1.29, 1.82) is 0 Å². The minimum absolute atomic E-state index is 0.399. The van der Waals surface area contributed by atoms with Crippen LogP contribution in [0.4, 0.5) is 0 Å². The van der Waals surface area contributed by atoms with Crippen LogP contribution in [0.2, 0.25) is 0 Å². The minimum atomic E-state index is -0.446. The molecule has 5 heteroatoms. The number of nitrogens with zero attached hydrogens (tertiary/aromatic N) is 4. The van der Waals surface area contributed by atoms with Gasteiger partial charge in [-0.3, -0.25) is 9.58 Å². The van der Waals surface area contributed by atoms with Crippen LogP contribution >= 0.6 is 0 Å². The molecule has 0 amide bonds. The third kappa shape index (κ3) is 4.53. The van der Waals surface area contributed by atoms with E-state index in [1.807, 2.05) is 30.1 Å². The molecule has 26 heavy (non-hydrogen) atoms. The van der Waals surface area contributed by atoms with Crippen molar-refractivity contribution in [2.45, 2.75) is 31.9 Å². The van der Waals surface area contributed by atoms with Gasteiger partial charge >= 0.3 is 0 Å². The Morgan fingerprint density at radius 1 is 1.27 bits per heavy atom. The van der Waals surface area contributed by atoms with Crippen molar-refractivity contribution in [1.82, 2.24) is 19.6 Å². The standard InChI is InChI=1S/C21H32N4O/c1-16-7-9-17(10-8-16)20(26)15-23(2)13-18-6-5-11-24(3)21(18)19-12-22-25(4)14-19/h7-10,12,14,18,20-21,26H,5-6,11,13,15H2,1-4H3/t18-,20-,21+/m0/s1. The summed E-state index contributed by atoms with van der Waals surface area (Å²) in [5.41, 5.74) is 3.51. The second-order valence-electron chi connectivity index (χ2n) is 7.92. The molecule has 1 aromatic heterocycles. The van der Waals surface area contributed by atoms with Crippen LogP contribution in [0.15, 0.2) is 36.7 Å². The lowest BCUT2D eigenvalue weighted by Crippen LogP contribution is -2.41. The Labute approximate surface area is 157 Å². The molecule has 1 N–H and O–H groups in total. The number of aliphatic hydroxyl groups excluding tert-OH is 1. The summed E-state index contributed by atoms with van der Waals surface area (Å²) in [7, 11) is 6.31. The quantitative estimate of drug-likeness (QED) is 0.864. The highest BCUT2D eigenvalue weighted by atomic mass is 16.3. The fourth-order valence-electron chi connectivity index (χ4n) is 4.23. The summed E-state index contributed by atoms with van der Waals surface area (Å²) < 4.78 is 1.89. The Morgan fingerprint density at radius 3 is 2.65 bits per heavy atom. The Bertz CT molecular complexity index is 696. The third-order valence-electron chi connectivity index (χ3n) is 5.57. The number of aromatic nitrogens is 2. The molecule has 0 radical (unpaired) electrons. The molecule has 0 bridgehead atoms. The van der Waals surface area contributed by atoms with Crippen LogP contribution in [0.1, 0.15) is 41.7 Å². The fourth-order valence-corrected chi connectivity index (χ4v) is 4.23.